The van der Waals surface area contributed by atoms with Crippen molar-refractivity contribution in [1.82, 2.24) is 4.98 Å². The van der Waals surface area contributed by atoms with Gasteiger partial charge in [0.1, 0.15) is 5.82 Å². The molecule has 0 spiro atoms. The van der Waals surface area contributed by atoms with Crippen LogP contribution < -0.4 is 10.6 Å². The minimum absolute atomic E-state index is 0.0140. The van der Waals surface area contributed by atoms with Crippen molar-refractivity contribution in [3.63, 3.8) is 0 Å². The first-order valence-corrected chi connectivity index (χ1v) is 6.97. The summed E-state index contributed by atoms with van der Waals surface area (Å²) in [5.74, 6) is -2.13. The Hall–Kier alpha value is -2.02. The van der Waals surface area contributed by atoms with Crippen LogP contribution in [0.1, 0.15) is 17.3 Å². The van der Waals surface area contributed by atoms with Gasteiger partial charge in [-0.15, -0.1) is 0 Å². The monoisotopic (exact) mass is 355 g/mol. The van der Waals surface area contributed by atoms with E-state index in [0.29, 0.717) is 11.0 Å². The number of hydrogen-bond donors (Lipinski definition) is 2. The quantitative estimate of drug-likeness (QED) is 0.876. The Balaban J connectivity index is 2.28. The van der Waals surface area contributed by atoms with Crippen molar-refractivity contribution < 1.29 is 13.6 Å². The maximum atomic E-state index is 14.1. The first-order chi connectivity index (χ1) is 10.0. The summed E-state index contributed by atoms with van der Waals surface area (Å²) in [5.41, 5.74) is -0.240. The van der Waals surface area contributed by atoms with Gasteiger partial charge in [0.25, 0.3) is 5.91 Å². The Kier molecular flexibility index (Phi) is 4.85. The van der Waals surface area contributed by atoms with Crippen LogP contribution in [0, 0.1) is 11.6 Å². The molecule has 2 rings (SSSR count). The molecule has 4 nitrogen and oxygen atoms in total. The molecule has 0 bridgehead atoms. The highest BCUT2D eigenvalue weighted by molar-refractivity contribution is 9.10. The van der Waals surface area contributed by atoms with Crippen LogP contribution in [-0.4, -0.2) is 17.4 Å². The third kappa shape index (κ3) is 3.55. The second-order valence-electron chi connectivity index (χ2n) is 4.13. The van der Waals surface area contributed by atoms with Crippen LogP contribution in [0.3, 0.4) is 0 Å². The number of pyridine rings is 1. The minimum Gasteiger partial charge on any atom is -0.368 e. The summed E-state index contributed by atoms with van der Waals surface area (Å²) in [4.78, 5) is 15.9. The number of carbonyl (C=O) groups is 1. The largest absolute Gasteiger partial charge is 0.368 e. The molecule has 1 aromatic carbocycles. The fourth-order valence-electron chi connectivity index (χ4n) is 1.69. The Bertz CT molecular complexity index is 679. The molecule has 1 aromatic heterocycles. The molecule has 0 unspecified atom stereocenters. The minimum atomic E-state index is -0.771. The number of anilines is 2. The zero-order valence-corrected chi connectivity index (χ0v) is 12.7. The van der Waals surface area contributed by atoms with Crippen LogP contribution in [-0.2, 0) is 0 Å². The molecule has 0 radical (unpaired) electrons. The van der Waals surface area contributed by atoms with E-state index in [4.69, 9.17) is 0 Å². The number of nitrogens with one attached hydrogen (secondary N) is 2. The molecular formula is C14H12BrF2N3O. The summed E-state index contributed by atoms with van der Waals surface area (Å²) >= 11 is 3.18. The molecule has 110 valence electrons. The molecule has 1 amide bonds. The molecule has 7 heteroatoms. The number of amides is 1. The lowest BCUT2D eigenvalue weighted by atomic mass is 10.2. The van der Waals surface area contributed by atoms with Gasteiger partial charge in [-0.25, -0.2) is 13.8 Å². The lowest BCUT2D eigenvalue weighted by Crippen LogP contribution is -2.16. The second kappa shape index (κ2) is 6.62. The molecule has 0 atom stereocenters. The van der Waals surface area contributed by atoms with E-state index in [0.717, 1.165) is 0 Å². The SMILES string of the molecule is CCNc1nccc(C(=O)Nc2cc(Br)ccc2F)c1F. The summed E-state index contributed by atoms with van der Waals surface area (Å²) in [6, 6.07) is 5.34. The molecule has 2 N–H and O–H groups in total. The maximum absolute atomic E-state index is 14.1. The lowest BCUT2D eigenvalue weighted by molar-refractivity contribution is 0.102. The Morgan fingerprint density at radius 2 is 2.10 bits per heavy atom. The molecule has 0 saturated carbocycles. The predicted octanol–water partition coefficient (Wildman–Crippen LogP) is 3.81. The third-order valence-corrected chi connectivity index (χ3v) is 3.15. The van der Waals surface area contributed by atoms with Gasteiger partial charge in [0, 0.05) is 17.2 Å². The number of benzene rings is 1. The molecule has 0 aliphatic heterocycles. The van der Waals surface area contributed by atoms with E-state index in [9.17, 15) is 13.6 Å². The van der Waals surface area contributed by atoms with Crippen LogP contribution in [0.25, 0.3) is 0 Å². The smallest absolute Gasteiger partial charge is 0.258 e. The highest BCUT2D eigenvalue weighted by Gasteiger charge is 2.17. The number of aromatic nitrogens is 1. The molecule has 0 fully saturated rings. The van der Waals surface area contributed by atoms with Crippen molar-refractivity contribution in [2.45, 2.75) is 6.92 Å². The number of halogens is 3. The Morgan fingerprint density at radius 3 is 2.81 bits per heavy atom. The average molecular weight is 356 g/mol. The normalized spacial score (nSPS) is 10.3. The van der Waals surface area contributed by atoms with Gasteiger partial charge < -0.3 is 10.6 Å². The van der Waals surface area contributed by atoms with Crippen LogP contribution in [0.4, 0.5) is 20.3 Å². The zero-order valence-electron chi connectivity index (χ0n) is 11.1. The van der Waals surface area contributed by atoms with Crippen LogP contribution in [0.2, 0.25) is 0 Å². The van der Waals surface area contributed by atoms with Gasteiger partial charge in [-0.05, 0) is 31.2 Å². The van der Waals surface area contributed by atoms with Crippen molar-refractivity contribution in [3.8, 4) is 0 Å². The van der Waals surface area contributed by atoms with E-state index in [-0.39, 0.29) is 17.1 Å². The standard InChI is InChI=1S/C14H12BrF2N3O/c1-2-18-13-12(17)9(5-6-19-13)14(21)20-11-7-8(15)3-4-10(11)16/h3-7H,2H2,1H3,(H,18,19)(H,20,21). The second-order valence-corrected chi connectivity index (χ2v) is 5.05. The van der Waals surface area contributed by atoms with E-state index in [1.54, 1.807) is 6.92 Å². The molecule has 21 heavy (non-hydrogen) atoms. The van der Waals surface area contributed by atoms with E-state index >= 15 is 0 Å². The van der Waals surface area contributed by atoms with Gasteiger partial charge in [-0.1, -0.05) is 15.9 Å². The van der Waals surface area contributed by atoms with E-state index in [2.05, 4.69) is 31.5 Å². The number of rotatable bonds is 4. The van der Waals surface area contributed by atoms with Gasteiger partial charge >= 0.3 is 0 Å². The van der Waals surface area contributed by atoms with Gasteiger partial charge in [0.05, 0.1) is 11.3 Å². The summed E-state index contributed by atoms with van der Waals surface area (Å²) in [5, 5.41) is 5.05. The highest BCUT2D eigenvalue weighted by atomic mass is 79.9. The van der Waals surface area contributed by atoms with Crippen molar-refractivity contribution in [2.75, 3.05) is 17.2 Å². The molecule has 0 aliphatic rings. The zero-order chi connectivity index (χ0) is 15.4. The number of nitrogens with zero attached hydrogens (tertiary/aromatic N) is 1. The Morgan fingerprint density at radius 1 is 1.33 bits per heavy atom. The van der Waals surface area contributed by atoms with E-state index < -0.39 is 17.5 Å². The summed E-state index contributed by atoms with van der Waals surface area (Å²) in [6.07, 6.45) is 1.31. The van der Waals surface area contributed by atoms with E-state index in [1.807, 2.05) is 0 Å². The fraction of sp³-hybridized carbons (Fsp3) is 0.143. The molecule has 2 aromatic rings. The van der Waals surface area contributed by atoms with Gasteiger partial charge in [-0.2, -0.15) is 0 Å². The molecular weight excluding hydrogens is 344 g/mol. The number of hydrogen-bond acceptors (Lipinski definition) is 3. The van der Waals surface area contributed by atoms with Gasteiger partial charge in [0.15, 0.2) is 11.6 Å². The molecule has 0 saturated heterocycles. The maximum Gasteiger partial charge on any atom is 0.258 e. The van der Waals surface area contributed by atoms with Crippen molar-refractivity contribution in [3.05, 3.63) is 52.1 Å². The van der Waals surface area contributed by atoms with Gasteiger partial charge in [-0.3, -0.25) is 4.79 Å². The van der Waals surface area contributed by atoms with Gasteiger partial charge in [0.2, 0.25) is 0 Å². The first-order valence-electron chi connectivity index (χ1n) is 6.17. The number of carbonyl (C=O) groups excluding carboxylic acids is 1. The van der Waals surface area contributed by atoms with Crippen molar-refractivity contribution in [1.29, 1.82) is 0 Å². The summed E-state index contributed by atoms with van der Waals surface area (Å²) < 4.78 is 28.3. The summed E-state index contributed by atoms with van der Waals surface area (Å²) in [6.45, 7) is 2.25. The summed E-state index contributed by atoms with van der Waals surface area (Å²) in [7, 11) is 0. The topological polar surface area (TPSA) is 54.0 Å². The van der Waals surface area contributed by atoms with Crippen molar-refractivity contribution >= 4 is 33.3 Å². The first kappa shape index (κ1) is 15.4. The molecule has 0 aliphatic carbocycles. The van der Waals surface area contributed by atoms with Crippen LogP contribution in [0.5, 0.6) is 0 Å². The van der Waals surface area contributed by atoms with Crippen LogP contribution >= 0.6 is 15.9 Å². The van der Waals surface area contributed by atoms with Crippen molar-refractivity contribution in [2.24, 2.45) is 0 Å². The van der Waals surface area contributed by atoms with Crippen LogP contribution in [0.15, 0.2) is 34.9 Å². The lowest BCUT2D eigenvalue weighted by Gasteiger charge is -2.10. The predicted molar refractivity (Wildman–Crippen MR) is 80.4 cm³/mol. The van der Waals surface area contributed by atoms with E-state index in [1.165, 1.54) is 30.5 Å². The highest BCUT2D eigenvalue weighted by Crippen LogP contribution is 2.22. The third-order valence-electron chi connectivity index (χ3n) is 2.65. The molecule has 1 heterocycles. The average Bonchev–Trinajstić information content (AvgIpc) is 2.45. The Labute approximate surface area is 128 Å². The fourth-order valence-corrected chi connectivity index (χ4v) is 2.05.